The molecule has 0 saturated heterocycles. The molecule has 0 aromatic heterocycles. The third kappa shape index (κ3) is 12.3. The van der Waals surface area contributed by atoms with Crippen LogP contribution in [0.2, 0.25) is 0 Å². The van der Waals surface area contributed by atoms with Crippen molar-refractivity contribution >= 4 is 45.9 Å². The van der Waals surface area contributed by atoms with Crippen LogP contribution in [-0.2, 0) is 14.6 Å². The van der Waals surface area contributed by atoms with Crippen molar-refractivity contribution in [1.82, 2.24) is 16.0 Å². The summed E-state index contributed by atoms with van der Waals surface area (Å²) in [7, 11) is -1.41. The number of hydrogen-bond acceptors (Lipinski definition) is 5. The molecule has 0 aliphatic carbocycles. The number of carbonyl (C=O) groups excluding carboxylic acids is 1. The summed E-state index contributed by atoms with van der Waals surface area (Å²) < 4.78 is 28.5. The average molecular weight is 520 g/mol. The Morgan fingerprint density at radius 1 is 1.07 bits per heavy atom. The molecule has 0 aromatic carbocycles. The zero-order valence-electron chi connectivity index (χ0n) is 17.6. The molecular formula is C17H37IN4O4S. The van der Waals surface area contributed by atoms with Gasteiger partial charge in [-0.2, -0.15) is 0 Å². The topological polar surface area (TPSA) is 109 Å². The number of alkyl carbamates (subject to hydrolysis) is 1. The number of aliphatic imine (C=N–C) groups is 1. The summed E-state index contributed by atoms with van der Waals surface area (Å²) in [6.07, 6.45) is 0.952. The summed E-state index contributed by atoms with van der Waals surface area (Å²) >= 11 is 0. The molecule has 0 bridgehead atoms. The van der Waals surface area contributed by atoms with E-state index in [9.17, 15) is 13.2 Å². The molecule has 1 amide bonds. The molecule has 0 atom stereocenters. The highest BCUT2D eigenvalue weighted by Crippen LogP contribution is 2.16. The fourth-order valence-electron chi connectivity index (χ4n) is 2.18. The lowest BCUT2D eigenvalue weighted by Gasteiger charge is -2.34. The zero-order chi connectivity index (χ0) is 20.4. The molecule has 27 heavy (non-hydrogen) atoms. The van der Waals surface area contributed by atoms with Crippen LogP contribution < -0.4 is 16.0 Å². The van der Waals surface area contributed by atoms with Gasteiger partial charge in [0.2, 0.25) is 0 Å². The van der Waals surface area contributed by atoms with Gasteiger partial charge in [0.1, 0.15) is 5.60 Å². The van der Waals surface area contributed by atoms with E-state index in [4.69, 9.17) is 4.74 Å². The molecule has 0 spiro atoms. The first-order valence-electron chi connectivity index (χ1n) is 9.08. The molecule has 8 nitrogen and oxygen atoms in total. The van der Waals surface area contributed by atoms with Crippen LogP contribution in [0, 0.1) is 0 Å². The van der Waals surface area contributed by atoms with Crippen LogP contribution in [0.5, 0.6) is 0 Å². The van der Waals surface area contributed by atoms with Gasteiger partial charge in [-0.3, -0.25) is 4.99 Å². The zero-order valence-corrected chi connectivity index (χ0v) is 20.8. The van der Waals surface area contributed by atoms with E-state index in [-0.39, 0.29) is 42.0 Å². The molecule has 0 radical (unpaired) electrons. The SMILES string of the molecule is CCC(CC)(CNC(=NC)NCCS(=O)(=O)CC)NC(=O)OC(C)(C)C.I. The second-order valence-electron chi connectivity index (χ2n) is 7.20. The van der Waals surface area contributed by atoms with E-state index in [1.165, 1.54) is 0 Å². The Hall–Kier alpha value is -0.780. The van der Waals surface area contributed by atoms with E-state index < -0.39 is 27.1 Å². The first-order chi connectivity index (χ1) is 11.9. The summed E-state index contributed by atoms with van der Waals surface area (Å²) in [5, 5.41) is 9.10. The minimum absolute atomic E-state index is 0. The van der Waals surface area contributed by atoms with Gasteiger partial charge in [-0.15, -0.1) is 24.0 Å². The van der Waals surface area contributed by atoms with E-state index in [0.717, 1.165) is 0 Å². The first kappa shape index (κ1) is 28.4. The average Bonchev–Trinajstić information content (AvgIpc) is 2.54. The molecule has 0 saturated carbocycles. The third-order valence-electron chi connectivity index (χ3n) is 4.08. The molecule has 0 aromatic rings. The molecule has 0 rings (SSSR count). The van der Waals surface area contributed by atoms with Crippen molar-refractivity contribution < 1.29 is 17.9 Å². The van der Waals surface area contributed by atoms with Crippen LogP contribution in [-0.4, -0.2) is 63.3 Å². The predicted molar refractivity (Wildman–Crippen MR) is 122 cm³/mol. The Kier molecular flexibility index (Phi) is 13.3. The van der Waals surface area contributed by atoms with Crippen molar-refractivity contribution in [3.05, 3.63) is 0 Å². The van der Waals surface area contributed by atoms with Gasteiger partial charge in [0, 0.05) is 25.9 Å². The highest BCUT2D eigenvalue weighted by molar-refractivity contribution is 14.0. The van der Waals surface area contributed by atoms with Crippen LogP contribution in [0.4, 0.5) is 4.79 Å². The van der Waals surface area contributed by atoms with Crippen molar-refractivity contribution in [3.8, 4) is 0 Å². The second kappa shape index (κ2) is 12.6. The number of nitrogens with zero attached hydrogens (tertiary/aromatic N) is 1. The van der Waals surface area contributed by atoms with Gasteiger partial charge in [-0.05, 0) is 33.6 Å². The van der Waals surface area contributed by atoms with Crippen LogP contribution in [0.15, 0.2) is 4.99 Å². The highest BCUT2D eigenvalue weighted by Gasteiger charge is 2.30. The molecule has 0 aliphatic heterocycles. The minimum Gasteiger partial charge on any atom is -0.444 e. The van der Waals surface area contributed by atoms with Gasteiger partial charge >= 0.3 is 6.09 Å². The third-order valence-corrected chi connectivity index (χ3v) is 5.79. The normalized spacial score (nSPS) is 12.8. The monoisotopic (exact) mass is 520 g/mol. The maximum atomic E-state index is 12.1. The number of halogens is 1. The summed E-state index contributed by atoms with van der Waals surface area (Å²) in [4.78, 5) is 16.2. The molecule has 3 N–H and O–H groups in total. The van der Waals surface area contributed by atoms with E-state index in [1.54, 1.807) is 14.0 Å². The van der Waals surface area contributed by atoms with Crippen molar-refractivity contribution in [1.29, 1.82) is 0 Å². The lowest BCUT2D eigenvalue weighted by atomic mass is 9.93. The number of ether oxygens (including phenoxy) is 1. The molecule has 10 heteroatoms. The summed E-state index contributed by atoms with van der Waals surface area (Å²) in [5.41, 5.74) is -1.05. The number of guanidine groups is 1. The van der Waals surface area contributed by atoms with Crippen LogP contribution in [0.1, 0.15) is 54.4 Å². The largest absolute Gasteiger partial charge is 0.444 e. The summed E-state index contributed by atoms with van der Waals surface area (Å²) in [5.74, 6) is 0.663. The molecule has 0 aliphatic rings. The molecule has 162 valence electrons. The van der Waals surface area contributed by atoms with Crippen LogP contribution in [0.25, 0.3) is 0 Å². The van der Waals surface area contributed by atoms with Crippen molar-refractivity contribution in [2.75, 3.05) is 31.6 Å². The van der Waals surface area contributed by atoms with E-state index in [1.807, 2.05) is 34.6 Å². The lowest BCUT2D eigenvalue weighted by molar-refractivity contribution is 0.0448. The van der Waals surface area contributed by atoms with Crippen LogP contribution >= 0.6 is 24.0 Å². The second-order valence-corrected chi connectivity index (χ2v) is 9.68. The van der Waals surface area contributed by atoms with Gasteiger partial charge in [0.05, 0.1) is 11.3 Å². The standard InChI is InChI=1S/C17H36N4O4S.HI/c1-8-17(9-2,21-15(22)25-16(4,5)6)13-20-14(18-7)19-11-12-26(23,24)10-3;/h8-13H2,1-7H3,(H,21,22)(H2,18,19,20);1H. The Balaban J connectivity index is 0. The summed E-state index contributed by atoms with van der Waals surface area (Å²) in [6.45, 7) is 11.8. The highest BCUT2D eigenvalue weighted by atomic mass is 127. The fraction of sp³-hybridized carbons (Fsp3) is 0.882. The number of rotatable bonds is 9. The maximum absolute atomic E-state index is 12.1. The van der Waals surface area contributed by atoms with E-state index in [2.05, 4.69) is 20.9 Å². The van der Waals surface area contributed by atoms with E-state index >= 15 is 0 Å². The van der Waals surface area contributed by atoms with Crippen molar-refractivity contribution in [3.63, 3.8) is 0 Å². The van der Waals surface area contributed by atoms with Crippen molar-refractivity contribution in [2.45, 2.75) is 65.5 Å². The molecule has 0 heterocycles. The van der Waals surface area contributed by atoms with Crippen molar-refractivity contribution in [2.24, 2.45) is 4.99 Å². The number of nitrogens with one attached hydrogen (secondary N) is 3. The fourth-order valence-corrected chi connectivity index (χ4v) is 2.89. The Morgan fingerprint density at radius 3 is 2.04 bits per heavy atom. The number of hydrogen-bond donors (Lipinski definition) is 3. The number of carbonyl (C=O) groups is 1. The van der Waals surface area contributed by atoms with Gasteiger partial charge in [0.15, 0.2) is 15.8 Å². The predicted octanol–water partition coefficient (Wildman–Crippen LogP) is 2.29. The molecular weight excluding hydrogens is 483 g/mol. The maximum Gasteiger partial charge on any atom is 0.408 e. The van der Waals surface area contributed by atoms with Gasteiger partial charge in [0.25, 0.3) is 0 Å². The smallest absolute Gasteiger partial charge is 0.408 e. The molecule has 0 unspecified atom stereocenters. The van der Waals surface area contributed by atoms with Gasteiger partial charge in [-0.1, -0.05) is 20.8 Å². The Labute approximate surface area is 181 Å². The lowest BCUT2D eigenvalue weighted by Crippen LogP contribution is -2.57. The first-order valence-corrected chi connectivity index (χ1v) is 10.9. The Bertz CT molecular complexity index is 570. The quantitative estimate of drug-likeness (QED) is 0.245. The van der Waals surface area contributed by atoms with Crippen LogP contribution in [0.3, 0.4) is 0 Å². The number of sulfone groups is 1. The summed E-state index contributed by atoms with van der Waals surface area (Å²) in [6, 6.07) is 0. The minimum atomic E-state index is -3.03. The Morgan fingerprint density at radius 2 is 1.63 bits per heavy atom. The van der Waals surface area contributed by atoms with Gasteiger partial charge in [-0.25, -0.2) is 13.2 Å². The van der Waals surface area contributed by atoms with E-state index in [0.29, 0.717) is 25.3 Å². The number of amides is 1. The molecule has 0 fully saturated rings. The van der Waals surface area contributed by atoms with Gasteiger partial charge < -0.3 is 20.7 Å².